The molecule has 1 aliphatic rings. The number of morpholine rings is 1. The number of ether oxygens (including phenoxy) is 1. The fourth-order valence-electron chi connectivity index (χ4n) is 3.79. The van der Waals surface area contributed by atoms with Gasteiger partial charge in [-0.3, -0.25) is 19.6 Å². The standard InChI is InChI=1S/C25H30FN5O3/c26-21-6-4-20(5-7-21)17-31(12-11-30-13-15-33-16-14-30)18-24-29-23(19-34-24)25(32)28-10-8-22-3-1-2-9-27-22/h1-7,9,19H,8,10-18H2,(H,28,32). The first-order valence-electron chi connectivity index (χ1n) is 11.5. The number of hydrogen-bond donors (Lipinski definition) is 1. The van der Waals surface area contributed by atoms with E-state index < -0.39 is 0 Å². The van der Waals surface area contributed by atoms with Crippen LogP contribution in [0.5, 0.6) is 0 Å². The van der Waals surface area contributed by atoms with Crippen LogP contribution in [0.15, 0.2) is 59.3 Å². The largest absolute Gasteiger partial charge is 0.447 e. The lowest BCUT2D eigenvalue weighted by Gasteiger charge is -2.29. The van der Waals surface area contributed by atoms with Gasteiger partial charge in [0.15, 0.2) is 5.69 Å². The van der Waals surface area contributed by atoms with Gasteiger partial charge in [-0.2, -0.15) is 0 Å². The number of hydrogen-bond acceptors (Lipinski definition) is 7. The predicted octanol–water partition coefficient (Wildman–Crippen LogP) is 2.52. The van der Waals surface area contributed by atoms with Crippen LogP contribution in [0.4, 0.5) is 4.39 Å². The number of halogens is 1. The number of benzene rings is 1. The average Bonchev–Trinajstić information content (AvgIpc) is 3.34. The first-order chi connectivity index (χ1) is 16.7. The zero-order chi connectivity index (χ0) is 23.6. The third-order valence-electron chi connectivity index (χ3n) is 5.69. The quantitative estimate of drug-likeness (QED) is 0.464. The Kier molecular flexibility index (Phi) is 8.72. The molecule has 0 bridgehead atoms. The van der Waals surface area contributed by atoms with Crippen molar-refractivity contribution in [2.24, 2.45) is 0 Å². The Morgan fingerprint density at radius 3 is 2.71 bits per heavy atom. The first-order valence-corrected chi connectivity index (χ1v) is 11.5. The second-order valence-electron chi connectivity index (χ2n) is 8.24. The molecule has 4 rings (SSSR count). The van der Waals surface area contributed by atoms with E-state index in [0.717, 1.165) is 50.7 Å². The second kappa shape index (κ2) is 12.4. The van der Waals surface area contributed by atoms with Crippen LogP contribution in [-0.2, 0) is 24.2 Å². The Morgan fingerprint density at radius 1 is 1.12 bits per heavy atom. The maximum atomic E-state index is 13.3. The Morgan fingerprint density at radius 2 is 1.94 bits per heavy atom. The molecule has 1 amide bonds. The highest BCUT2D eigenvalue weighted by Crippen LogP contribution is 2.12. The molecule has 0 radical (unpaired) electrons. The van der Waals surface area contributed by atoms with Crippen molar-refractivity contribution in [2.45, 2.75) is 19.5 Å². The first kappa shape index (κ1) is 24.0. The Hall–Kier alpha value is -3.14. The Bertz CT molecular complexity index is 1020. The van der Waals surface area contributed by atoms with Crippen LogP contribution in [-0.4, -0.2) is 71.6 Å². The van der Waals surface area contributed by atoms with E-state index in [1.165, 1.54) is 18.4 Å². The van der Waals surface area contributed by atoms with E-state index in [0.29, 0.717) is 31.9 Å². The van der Waals surface area contributed by atoms with Crippen LogP contribution in [0, 0.1) is 5.82 Å². The third-order valence-corrected chi connectivity index (χ3v) is 5.69. The topological polar surface area (TPSA) is 83.7 Å². The smallest absolute Gasteiger partial charge is 0.273 e. The lowest BCUT2D eigenvalue weighted by molar-refractivity contribution is 0.0320. The van der Waals surface area contributed by atoms with Gasteiger partial charge < -0.3 is 14.5 Å². The van der Waals surface area contributed by atoms with Gasteiger partial charge in [-0.05, 0) is 29.8 Å². The molecule has 3 aromatic rings. The summed E-state index contributed by atoms with van der Waals surface area (Å²) in [4.78, 5) is 25.7. The molecule has 0 saturated carbocycles. The van der Waals surface area contributed by atoms with E-state index >= 15 is 0 Å². The summed E-state index contributed by atoms with van der Waals surface area (Å²) in [5, 5.41) is 2.86. The van der Waals surface area contributed by atoms with Gasteiger partial charge in [-0.15, -0.1) is 0 Å². The van der Waals surface area contributed by atoms with E-state index in [9.17, 15) is 9.18 Å². The minimum atomic E-state index is -0.274. The monoisotopic (exact) mass is 467 g/mol. The zero-order valence-corrected chi connectivity index (χ0v) is 19.2. The average molecular weight is 468 g/mol. The normalized spacial score (nSPS) is 14.4. The molecule has 0 atom stereocenters. The van der Waals surface area contributed by atoms with Crippen LogP contribution in [0.1, 0.15) is 27.6 Å². The molecule has 1 saturated heterocycles. The fourth-order valence-corrected chi connectivity index (χ4v) is 3.79. The van der Waals surface area contributed by atoms with Gasteiger partial charge in [-0.1, -0.05) is 18.2 Å². The maximum Gasteiger partial charge on any atom is 0.273 e. The van der Waals surface area contributed by atoms with Crippen LogP contribution in [0.2, 0.25) is 0 Å². The van der Waals surface area contributed by atoms with Crippen LogP contribution < -0.4 is 5.32 Å². The van der Waals surface area contributed by atoms with Crippen molar-refractivity contribution in [1.29, 1.82) is 0 Å². The summed E-state index contributed by atoms with van der Waals surface area (Å²) in [6.45, 7) is 6.51. The van der Waals surface area contributed by atoms with Gasteiger partial charge in [0.1, 0.15) is 12.1 Å². The van der Waals surface area contributed by atoms with E-state index in [4.69, 9.17) is 9.15 Å². The minimum absolute atomic E-state index is 0.255. The van der Waals surface area contributed by atoms with Gasteiger partial charge in [0.05, 0.1) is 19.8 Å². The molecular weight excluding hydrogens is 437 g/mol. The molecule has 8 nitrogen and oxygen atoms in total. The molecule has 0 spiro atoms. The lowest BCUT2D eigenvalue weighted by Crippen LogP contribution is -2.41. The molecule has 34 heavy (non-hydrogen) atoms. The Balaban J connectivity index is 1.33. The number of oxazole rings is 1. The van der Waals surface area contributed by atoms with Crippen molar-refractivity contribution < 1.29 is 18.3 Å². The van der Waals surface area contributed by atoms with Crippen molar-refractivity contribution >= 4 is 5.91 Å². The molecule has 1 N–H and O–H groups in total. The van der Waals surface area contributed by atoms with Gasteiger partial charge in [0.2, 0.25) is 5.89 Å². The molecule has 180 valence electrons. The number of rotatable bonds is 11. The third kappa shape index (κ3) is 7.44. The molecule has 9 heteroatoms. The molecule has 0 unspecified atom stereocenters. The van der Waals surface area contributed by atoms with E-state index in [-0.39, 0.29) is 17.4 Å². The van der Waals surface area contributed by atoms with Gasteiger partial charge in [0, 0.05) is 57.6 Å². The Labute approximate surface area is 198 Å². The van der Waals surface area contributed by atoms with Crippen molar-refractivity contribution in [2.75, 3.05) is 45.9 Å². The summed E-state index contributed by atoms with van der Waals surface area (Å²) >= 11 is 0. The van der Waals surface area contributed by atoms with Crippen LogP contribution in [0.3, 0.4) is 0 Å². The number of amides is 1. The minimum Gasteiger partial charge on any atom is -0.447 e. The highest BCUT2D eigenvalue weighted by Gasteiger charge is 2.17. The number of aromatic nitrogens is 2. The second-order valence-corrected chi connectivity index (χ2v) is 8.24. The summed E-state index contributed by atoms with van der Waals surface area (Å²) in [5.41, 5.74) is 2.17. The summed E-state index contributed by atoms with van der Waals surface area (Å²) in [5.74, 6) is -0.0571. The molecule has 3 heterocycles. The van der Waals surface area contributed by atoms with Gasteiger partial charge >= 0.3 is 0 Å². The predicted molar refractivity (Wildman–Crippen MR) is 125 cm³/mol. The zero-order valence-electron chi connectivity index (χ0n) is 19.2. The molecule has 1 aromatic carbocycles. The number of nitrogens with zero attached hydrogens (tertiary/aromatic N) is 4. The van der Waals surface area contributed by atoms with Crippen LogP contribution >= 0.6 is 0 Å². The van der Waals surface area contributed by atoms with E-state index in [1.54, 1.807) is 18.3 Å². The summed E-state index contributed by atoms with van der Waals surface area (Å²) in [6.07, 6.45) is 3.77. The molecule has 1 aliphatic heterocycles. The highest BCUT2D eigenvalue weighted by atomic mass is 19.1. The lowest BCUT2D eigenvalue weighted by atomic mass is 10.2. The van der Waals surface area contributed by atoms with Crippen molar-refractivity contribution in [1.82, 2.24) is 25.1 Å². The van der Waals surface area contributed by atoms with Gasteiger partial charge in [0.25, 0.3) is 5.91 Å². The fraction of sp³-hybridized carbons (Fsp3) is 0.400. The number of nitrogens with one attached hydrogen (secondary N) is 1. The number of carbonyl (C=O) groups excluding carboxylic acids is 1. The van der Waals surface area contributed by atoms with E-state index in [1.807, 2.05) is 18.2 Å². The number of carbonyl (C=O) groups is 1. The number of pyridine rings is 1. The van der Waals surface area contributed by atoms with Crippen molar-refractivity contribution in [3.05, 3.63) is 83.6 Å². The van der Waals surface area contributed by atoms with Crippen molar-refractivity contribution in [3.63, 3.8) is 0 Å². The van der Waals surface area contributed by atoms with Crippen molar-refractivity contribution in [3.8, 4) is 0 Å². The highest BCUT2D eigenvalue weighted by molar-refractivity contribution is 5.91. The summed E-state index contributed by atoms with van der Waals surface area (Å²) < 4.78 is 24.4. The SMILES string of the molecule is O=C(NCCc1ccccn1)c1coc(CN(CCN2CCOCC2)Cc2ccc(F)cc2)n1. The summed E-state index contributed by atoms with van der Waals surface area (Å²) in [7, 11) is 0. The maximum absolute atomic E-state index is 13.3. The molecule has 0 aliphatic carbocycles. The molecule has 2 aromatic heterocycles. The van der Waals surface area contributed by atoms with Gasteiger partial charge in [-0.25, -0.2) is 9.37 Å². The van der Waals surface area contributed by atoms with Crippen LogP contribution in [0.25, 0.3) is 0 Å². The molecule has 1 fully saturated rings. The van der Waals surface area contributed by atoms with E-state index in [2.05, 4.69) is 25.1 Å². The molecular formula is C25H30FN5O3. The summed E-state index contributed by atoms with van der Waals surface area (Å²) in [6, 6.07) is 12.2.